The van der Waals surface area contributed by atoms with Gasteiger partial charge in [0.1, 0.15) is 5.76 Å². The predicted octanol–water partition coefficient (Wildman–Crippen LogP) is 3.14. The molecule has 4 heteroatoms. The Kier molecular flexibility index (Phi) is 5.88. The van der Waals surface area contributed by atoms with Gasteiger partial charge in [-0.1, -0.05) is 30.3 Å². The summed E-state index contributed by atoms with van der Waals surface area (Å²) in [5.74, 6) is 0.881. The molecule has 1 aromatic carbocycles. The topological polar surface area (TPSA) is 54.3 Å². The molecule has 2 rings (SSSR count). The monoisotopic (exact) mass is 286 g/mol. The zero-order valence-electron chi connectivity index (χ0n) is 12.3. The van der Waals surface area contributed by atoms with E-state index in [1.807, 2.05) is 37.3 Å². The Morgan fingerprint density at radius 2 is 2.00 bits per heavy atom. The van der Waals surface area contributed by atoms with Gasteiger partial charge in [0.05, 0.1) is 6.26 Å². The van der Waals surface area contributed by atoms with E-state index in [-0.39, 0.29) is 12.1 Å². The summed E-state index contributed by atoms with van der Waals surface area (Å²) in [6, 6.07) is 14.0. The zero-order chi connectivity index (χ0) is 14.9. The van der Waals surface area contributed by atoms with E-state index in [0.29, 0.717) is 13.0 Å². The van der Waals surface area contributed by atoms with E-state index >= 15 is 0 Å². The Hall–Kier alpha value is -2.23. The average molecular weight is 286 g/mol. The smallest absolute Gasteiger partial charge is 0.315 e. The van der Waals surface area contributed by atoms with Gasteiger partial charge in [0.2, 0.25) is 0 Å². The maximum absolute atomic E-state index is 11.7. The van der Waals surface area contributed by atoms with Gasteiger partial charge in [0, 0.05) is 19.0 Å². The lowest BCUT2D eigenvalue weighted by Crippen LogP contribution is -2.42. The molecule has 0 saturated carbocycles. The van der Waals surface area contributed by atoms with E-state index in [9.17, 15) is 4.79 Å². The van der Waals surface area contributed by atoms with Crippen molar-refractivity contribution in [3.8, 4) is 0 Å². The van der Waals surface area contributed by atoms with Crippen molar-refractivity contribution >= 4 is 6.03 Å². The van der Waals surface area contributed by atoms with Crippen molar-refractivity contribution in [2.24, 2.45) is 0 Å². The average Bonchev–Trinajstić information content (AvgIpc) is 2.97. The second-order valence-corrected chi connectivity index (χ2v) is 5.17. The Balaban J connectivity index is 1.59. The molecule has 0 saturated heterocycles. The summed E-state index contributed by atoms with van der Waals surface area (Å²) in [4.78, 5) is 11.7. The van der Waals surface area contributed by atoms with Crippen LogP contribution >= 0.6 is 0 Å². The number of carbonyl (C=O) groups is 1. The molecule has 0 aliphatic carbocycles. The fourth-order valence-corrected chi connectivity index (χ4v) is 2.20. The van der Waals surface area contributed by atoms with Crippen molar-refractivity contribution in [3.63, 3.8) is 0 Å². The summed E-state index contributed by atoms with van der Waals surface area (Å²) in [5, 5.41) is 5.79. The van der Waals surface area contributed by atoms with Crippen LogP contribution in [0.1, 0.15) is 24.7 Å². The van der Waals surface area contributed by atoms with Crippen LogP contribution in [0.25, 0.3) is 0 Å². The number of hydrogen-bond donors (Lipinski definition) is 2. The lowest BCUT2D eigenvalue weighted by molar-refractivity contribution is 0.237. The summed E-state index contributed by atoms with van der Waals surface area (Å²) in [6.07, 6.45) is 4.25. The third-order valence-electron chi connectivity index (χ3n) is 3.24. The van der Waals surface area contributed by atoms with Crippen LogP contribution < -0.4 is 10.6 Å². The van der Waals surface area contributed by atoms with Crippen LogP contribution in [-0.2, 0) is 12.8 Å². The highest BCUT2D eigenvalue weighted by molar-refractivity contribution is 5.74. The van der Waals surface area contributed by atoms with Gasteiger partial charge in [0.15, 0.2) is 0 Å². The molecule has 2 aromatic rings. The number of benzene rings is 1. The number of carbonyl (C=O) groups excluding carboxylic acids is 1. The van der Waals surface area contributed by atoms with Crippen LogP contribution in [0.4, 0.5) is 4.79 Å². The molecule has 0 fully saturated rings. The molecule has 0 radical (unpaired) electrons. The SMILES string of the molecule is CC(Cc1ccco1)NC(=O)NCCCc1ccccc1. The van der Waals surface area contributed by atoms with E-state index < -0.39 is 0 Å². The summed E-state index contributed by atoms with van der Waals surface area (Å²) in [5.41, 5.74) is 1.30. The Morgan fingerprint density at radius 1 is 1.19 bits per heavy atom. The van der Waals surface area contributed by atoms with Gasteiger partial charge in [-0.2, -0.15) is 0 Å². The first-order valence-corrected chi connectivity index (χ1v) is 7.34. The predicted molar refractivity (Wildman–Crippen MR) is 83.2 cm³/mol. The molecule has 1 unspecified atom stereocenters. The van der Waals surface area contributed by atoms with Crippen molar-refractivity contribution < 1.29 is 9.21 Å². The number of rotatable bonds is 7. The largest absolute Gasteiger partial charge is 0.469 e. The molecule has 2 N–H and O–H groups in total. The Labute approximate surface area is 125 Å². The van der Waals surface area contributed by atoms with Gasteiger partial charge in [0.25, 0.3) is 0 Å². The van der Waals surface area contributed by atoms with Gasteiger partial charge in [-0.3, -0.25) is 0 Å². The fraction of sp³-hybridized carbons (Fsp3) is 0.353. The van der Waals surface area contributed by atoms with Crippen LogP contribution in [0.2, 0.25) is 0 Å². The van der Waals surface area contributed by atoms with Gasteiger partial charge in [-0.05, 0) is 37.5 Å². The Morgan fingerprint density at radius 3 is 2.71 bits per heavy atom. The Bertz CT molecular complexity index is 523. The maximum atomic E-state index is 11.7. The van der Waals surface area contributed by atoms with Gasteiger partial charge in [-0.25, -0.2) is 4.79 Å². The lowest BCUT2D eigenvalue weighted by Gasteiger charge is -2.13. The van der Waals surface area contributed by atoms with Gasteiger partial charge < -0.3 is 15.1 Å². The molecule has 0 spiro atoms. The van der Waals surface area contributed by atoms with Crippen LogP contribution in [-0.4, -0.2) is 18.6 Å². The minimum Gasteiger partial charge on any atom is -0.469 e. The number of amides is 2. The van der Waals surface area contributed by atoms with Crippen LogP contribution in [0.3, 0.4) is 0 Å². The summed E-state index contributed by atoms with van der Waals surface area (Å²) < 4.78 is 5.26. The van der Waals surface area contributed by atoms with Crippen molar-refractivity contribution in [3.05, 3.63) is 60.1 Å². The lowest BCUT2D eigenvalue weighted by atomic mass is 10.1. The number of aryl methyl sites for hydroxylation is 1. The molecule has 2 amide bonds. The molecule has 0 aliphatic heterocycles. The molecule has 1 atom stereocenters. The minimum absolute atomic E-state index is 0.0465. The van der Waals surface area contributed by atoms with Crippen molar-refractivity contribution in [2.45, 2.75) is 32.2 Å². The first-order valence-electron chi connectivity index (χ1n) is 7.34. The normalized spacial score (nSPS) is 11.9. The molecule has 0 bridgehead atoms. The third kappa shape index (κ3) is 5.73. The number of urea groups is 1. The molecule has 112 valence electrons. The molecular formula is C17H22N2O2. The van der Waals surface area contributed by atoms with Gasteiger partial charge >= 0.3 is 6.03 Å². The highest BCUT2D eigenvalue weighted by Crippen LogP contribution is 2.04. The van der Waals surface area contributed by atoms with E-state index in [1.165, 1.54) is 5.56 Å². The van der Waals surface area contributed by atoms with Crippen molar-refractivity contribution in [1.29, 1.82) is 0 Å². The van der Waals surface area contributed by atoms with Crippen LogP contribution in [0, 0.1) is 0 Å². The van der Waals surface area contributed by atoms with E-state index in [0.717, 1.165) is 18.6 Å². The quantitative estimate of drug-likeness (QED) is 0.768. The maximum Gasteiger partial charge on any atom is 0.315 e. The fourth-order valence-electron chi connectivity index (χ4n) is 2.20. The highest BCUT2D eigenvalue weighted by Gasteiger charge is 2.08. The molecule has 4 nitrogen and oxygen atoms in total. The molecular weight excluding hydrogens is 264 g/mol. The van der Waals surface area contributed by atoms with E-state index in [1.54, 1.807) is 6.26 Å². The first-order chi connectivity index (χ1) is 10.2. The van der Waals surface area contributed by atoms with E-state index in [2.05, 4.69) is 22.8 Å². The second kappa shape index (κ2) is 8.15. The minimum atomic E-state index is -0.123. The summed E-state index contributed by atoms with van der Waals surface area (Å²) in [6.45, 7) is 2.64. The number of nitrogens with one attached hydrogen (secondary N) is 2. The van der Waals surface area contributed by atoms with E-state index in [4.69, 9.17) is 4.42 Å². The summed E-state index contributed by atoms with van der Waals surface area (Å²) >= 11 is 0. The zero-order valence-corrected chi connectivity index (χ0v) is 12.3. The van der Waals surface area contributed by atoms with Gasteiger partial charge in [-0.15, -0.1) is 0 Å². The van der Waals surface area contributed by atoms with Crippen LogP contribution in [0.15, 0.2) is 53.1 Å². The van der Waals surface area contributed by atoms with Crippen LogP contribution in [0.5, 0.6) is 0 Å². The first kappa shape index (κ1) is 15.2. The van der Waals surface area contributed by atoms with Crippen molar-refractivity contribution in [2.75, 3.05) is 6.54 Å². The third-order valence-corrected chi connectivity index (χ3v) is 3.24. The standard InChI is InChI=1S/C17H22N2O2/c1-14(13-16-10-6-12-21-16)19-17(20)18-11-5-9-15-7-3-2-4-8-15/h2-4,6-8,10,12,14H,5,9,11,13H2,1H3,(H2,18,19,20). The molecule has 1 aromatic heterocycles. The summed E-state index contributed by atoms with van der Waals surface area (Å²) in [7, 11) is 0. The molecule has 1 heterocycles. The molecule has 0 aliphatic rings. The highest BCUT2D eigenvalue weighted by atomic mass is 16.3. The number of furan rings is 1. The number of hydrogen-bond acceptors (Lipinski definition) is 2. The van der Waals surface area contributed by atoms with Crippen molar-refractivity contribution in [1.82, 2.24) is 10.6 Å². The molecule has 21 heavy (non-hydrogen) atoms. The second-order valence-electron chi connectivity index (χ2n) is 5.17.